The van der Waals surface area contributed by atoms with Gasteiger partial charge in [0.25, 0.3) is 0 Å². The maximum atomic E-state index is 13.0. The average Bonchev–Trinajstić information content (AvgIpc) is 2.46. The maximum absolute atomic E-state index is 13.0. The summed E-state index contributed by atoms with van der Waals surface area (Å²) in [5.74, 6) is 1.11. The SMILES string of the molecule is CCN(CC)C(C)(C)C(=O)c1c(OC)cccc1OC. The zero-order valence-corrected chi connectivity index (χ0v) is 13.3. The molecule has 0 aliphatic heterocycles. The number of methoxy groups -OCH3 is 2. The first-order valence-electron chi connectivity index (χ1n) is 6.94. The summed E-state index contributed by atoms with van der Waals surface area (Å²) >= 11 is 0. The summed E-state index contributed by atoms with van der Waals surface area (Å²) in [6.45, 7) is 9.61. The number of ketones is 1. The van der Waals surface area contributed by atoms with Gasteiger partial charge in [0.1, 0.15) is 17.1 Å². The summed E-state index contributed by atoms with van der Waals surface area (Å²) in [5.41, 5.74) is -0.0970. The van der Waals surface area contributed by atoms with E-state index in [0.717, 1.165) is 13.1 Å². The quantitative estimate of drug-likeness (QED) is 0.719. The summed E-state index contributed by atoms with van der Waals surface area (Å²) in [4.78, 5) is 15.1. The number of likely N-dealkylation sites (N-methyl/N-ethyl adjacent to an activating group) is 1. The van der Waals surface area contributed by atoms with Crippen LogP contribution >= 0.6 is 0 Å². The fourth-order valence-electron chi connectivity index (χ4n) is 2.54. The van der Waals surface area contributed by atoms with Gasteiger partial charge in [-0.1, -0.05) is 19.9 Å². The van der Waals surface area contributed by atoms with E-state index in [1.165, 1.54) is 0 Å². The Bertz CT molecular complexity index is 443. The lowest BCUT2D eigenvalue weighted by Crippen LogP contribution is -2.50. The molecule has 0 fully saturated rings. The number of benzene rings is 1. The molecule has 20 heavy (non-hydrogen) atoms. The van der Waals surface area contributed by atoms with Crippen molar-refractivity contribution in [2.45, 2.75) is 33.2 Å². The van der Waals surface area contributed by atoms with E-state index in [1.54, 1.807) is 26.4 Å². The summed E-state index contributed by atoms with van der Waals surface area (Å²) in [6.07, 6.45) is 0. The molecule has 0 radical (unpaired) electrons. The highest BCUT2D eigenvalue weighted by Gasteiger charge is 2.36. The van der Waals surface area contributed by atoms with Crippen molar-refractivity contribution >= 4 is 5.78 Å². The highest BCUT2D eigenvalue weighted by molar-refractivity contribution is 6.07. The molecule has 0 aliphatic rings. The van der Waals surface area contributed by atoms with E-state index < -0.39 is 5.54 Å². The monoisotopic (exact) mass is 279 g/mol. The van der Waals surface area contributed by atoms with Gasteiger partial charge in [-0.15, -0.1) is 0 Å². The number of Topliss-reactive ketones (excluding diaryl/α,β-unsaturated/α-hetero) is 1. The molecule has 0 saturated carbocycles. The van der Waals surface area contributed by atoms with Crippen molar-refractivity contribution in [3.05, 3.63) is 23.8 Å². The molecule has 0 amide bonds. The molecule has 0 atom stereocenters. The number of ether oxygens (including phenoxy) is 2. The average molecular weight is 279 g/mol. The summed E-state index contributed by atoms with van der Waals surface area (Å²) in [5, 5.41) is 0. The van der Waals surface area contributed by atoms with Gasteiger partial charge in [0.05, 0.1) is 19.8 Å². The third-order valence-corrected chi connectivity index (χ3v) is 3.76. The van der Waals surface area contributed by atoms with Crippen LogP contribution in [0.3, 0.4) is 0 Å². The Labute approximate surface area is 121 Å². The van der Waals surface area contributed by atoms with Crippen molar-refractivity contribution in [2.24, 2.45) is 0 Å². The van der Waals surface area contributed by atoms with Crippen LogP contribution in [0.25, 0.3) is 0 Å². The van der Waals surface area contributed by atoms with E-state index in [1.807, 2.05) is 19.9 Å². The molecule has 0 N–H and O–H groups in total. The van der Waals surface area contributed by atoms with E-state index in [4.69, 9.17) is 9.47 Å². The van der Waals surface area contributed by atoms with Crippen LogP contribution in [-0.4, -0.2) is 43.5 Å². The summed E-state index contributed by atoms with van der Waals surface area (Å²) in [7, 11) is 3.13. The van der Waals surface area contributed by atoms with Gasteiger partial charge in [0.15, 0.2) is 5.78 Å². The van der Waals surface area contributed by atoms with Crippen LogP contribution in [0.2, 0.25) is 0 Å². The minimum atomic E-state index is -0.606. The van der Waals surface area contributed by atoms with Crippen LogP contribution in [0.4, 0.5) is 0 Å². The van der Waals surface area contributed by atoms with Crippen LogP contribution < -0.4 is 9.47 Å². The van der Waals surface area contributed by atoms with Gasteiger partial charge in [0.2, 0.25) is 0 Å². The Morgan fingerprint density at radius 2 is 1.55 bits per heavy atom. The largest absolute Gasteiger partial charge is 0.496 e. The van der Waals surface area contributed by atoms with Crippen molar-refractivity contribution in [3.8, 4) is 11.5 Å². The van der Waals surface area contributed by atoms with Gasteiger partial charge in [-0.25, -0.2) is 0 Å². The smallest absolute Gasteiger partial charge is 0.189 e. The molecule has 0 saturated heterocycles. The van der Waals surface area contributed by atoms with Crippen molar-refractivity contribution in [1.82, 2.24) is 4.90 Å². The van der Waals surface area contributed by atoms with Crippen molar-refractivity contribution < 1.29 is 14.3 Å². The number of rotatable bonds is 7. The van der Waals surface area contributed by atoms with Crippen LogP contribution in [-0.2, 0) is 0 Å². The second-order valence-corrected chi connectivity index (χ2v) is 5.10. The number of hydrogen-bond donors (Lipinski definition) is 0. The lowest BCUT2D eigenvalue weighted by molar-refractivity contribution is 0.0662. The van der Waals surface area contributed by atoms with Crippen LogP contribution in [0.15, 0.2) is 18.2 Å². The Kier molecular flexibility index (Phi) is 5.57. The number of carbonyl (C=O) groups is 1. The maximum Gasteiger partial charge on any atom is 0.189 e. The van der Waals surface area contributed by atoms with Crippen LogP contribution in [0.5, 0.6) is 11.5 Å². The van der Waals surface area contributed by atoms with Gasteiger partial charge in [-0.2, -0.15) is 0 Å². The van der Waals surface area contributed by atoms with Crippen LogP contribution in [0.1, 0.15) is 38.1 Å². The molecule has 0 bridgehead atoms. The third kappa shape index (κ3) is 2.96. The first-order chi connectivity index (χ1) is 9.43. The molecule has 112 valence electrons. The topological polar surface area (TPSA) is 38.8 Å². The fraction of sp³-hybridized carbons (Fsp3) is 0.562. The normalized spacial score (nSPS) is 11.6. The molecule has 0 unspecified atom stereocenters. The van der Waals surface area contributed by atoms with Gasteiger partial charge in [-0.05, 0) is 39.1 Å². The van der Waals surface area contributed by atoms with E-state index in [2.05, 4.69) is 18.7 Å². The van der Waals surface area contributed by atoms with Gasteiger partial charge < -0.3 is 9.47 Å². The molecule has 1 rings (SSSR count). The molecule has 0 aliphatic carbocycles. The second kappa shape index (κ2) is 6.75. The molecule has 1 aromatic carbocycles. The standard InChI is InChI=1S/C16H25NO3/c1-7-17(8-2)16(3,4)15(18)14-12(19-5)10-9-11-13(14)20-6/h9-11H,7-8H2,1-6H3. The highest BCUT2D eigenvalue weighted by Crippen LogP contribution is 2.33. The molecule has 1 aromatic rings. The Balaban J connectivity index is 3.33. The van der Waals surface area contributed by atoms with Crippen LogP contribution in [0, 0.1) is 0 Å². The Hall–Kier alpha value is -1.55. The molecular weight excluding hydrogens is 254 g/mol. The Morgan fingerprint density at radius 1 is 1.10 bits per heavy atom. The summed E-state index contributed by atoms with van der Waals surface area (Å²) < 4.78 is 10.7. The van der Waals surface area contributed by atoms with Gasteiger partial charge >= 0.3 is 0 Å². The molecule has 4 nitrogen and oxygen atoms in total. The number of hydrogen-bond acceptors (Lipinski definition) is 4. The highest BCUT2D eigenvalue weighted by atomic mass is 16.5. The molecule has 0 heterocycles. The molecular formula is C16H25NO3. The van der Waals surface area contributed by atoms with E-state index in [9.17, 15) is 4.79 Å². The first kappa shape index (κ1) is 16.5. The lowest BCUT2D eigenvalue weighted by atomic mass is 9.90. The molecule has 0 aromatic heterocycles. The first-order valence-corrected chi connectivity index (χ1v) is 6.94. The number of carbonyl (C=O) groups excluding carboxylic acids is 1. The fourth-order valence-corrected chi connectivity index (χ4v) is 2.54. The summed E-state index contributed by atoms with van der Waals surface area (Å²) in [6, 6.07) is 5.39. The molecule has 4 heteroatoms. The van der Waals surface area contributed by atoms with E-state index >= 15 is 0 Å². The van der Waals surface area contributed by atoms with Crippen molar-refractivity contribution in [2.75, 3.05) is 27.3 Å². The number of nitrogens with zero attached hydrogens (tertiary/aromatic N) is 1. The minimum absolute atomic E-state index is 0.00972. The van der Waals surface area contributed by atoms with E-state index in [-0.39, 0.29) is 5.78 Å². The van der Waals surface area contributed by atoms with Gasteiger partial charge in [-0.3, -0.25) is 9.69 Å². The van der Waals surface area contributed by atoms with Crippen molar-refractivity contribution in [3.63, 3.8) is 0 Å². The third-order valence-electron chi connectivity index (χ3n) is 3.76. The predicted octanol–water partition coefficient (Wildman–Crippen LogP) is 3.01. The molecule has 0 spiro atoms. The lowest BCUT2D eigenvalue weighted by Gasteiger charge is -2.36. The zero-order valence-electron chi connectivity index (χ0n) is 13.3. The second-order valence-electron chi connectivity index (χ2n) is 5.10. The Morgan fingerprint density at radius 3 is 1.90 bits per heavy atom. The zero-order chi connectivity index (χ0) is 15.3. The van der Waals surface area contributed by atoms with E-state index in [0.29, 0.717) is 17.1 Å². The van der Waals surface area contributed by atoms with Gasteiger partial charge in [0, 0.05) is 0 Å². The van der Waals surface area contributed by atoms with Crippen molar-refractivity contribution in [1.29, 1.82) is 0 Å². The minimum Gasteiger partial charge on any atom is -0.496 e. The predicted molar refractivity (Wildman–Crippen MR) is 80.9 cm³/mol.